The molecule has 2 unspecified atom stereocenters. The van der Waals surface area contributed by atoms with E-state index >= 15 is 0 Å². The quantitative estimate of drug-likeness (QED) is 0.255. The van der Waals surface area contributed by atoms with Gasteiger partial charge in [0.2, 0.25) is 0 Å². The second kappa shape index (κ2) is 5.17. The first-order valence-electron chi connectivity index (χ1n) is 5.03. The molecule has 82 valence electrons. The lowest BCUT2D eigenvalue weighted by Gasteiger charge is -2.35. The molecule has 0 spiro atoms. The van der Waals surface area contributed by atoms with E-state index < -0.39 is 0 Å². The van der Waals surface area contributed by atoms with E-state index in [-0.39, 0.29) is 5.84 Å². The van der Waals surface area contributed by atoms with E-state index in [1.165, 1.54) is 0 Å². The molecule has 0 radical (unpaired) electrons. The molecule has 1 aliphatic heterocycles. The van der Waals surface area contributed by atoms with Gasteiger partial charge in [-0.15, -0.1) is 0 Å². The third-order valence-corrected chi connectivity index (χ3v) is 2.91. The van der Waals surface area contributed by atoms with Crippen LogP contribution in [0.3, 0.4) is 0 Å². The fourth-order valence-electron chi connectivity index (χ4n) is 1.76. The van der Waals surface area contributed by atoms with Crippen molar-refractivity contribution in [1.82, 2.24) is 10.2 Å². The number of amidine groups is 1. The summed E-state index contributed by atoms with van der Waals surface area (Å²) in [6, 6.07) is 1.09. The van der Waals surface area contributed by atoms with Crippen LogP contribution in [0, 0.1) is 0 Å². The maximum Gasteiger partial charge on any atom is 0.153 e. The summed E-state index contributed by atoms with van der Waals surface area (Å²) in [7, 11) is 2.14. The Hall–Kier alpha value is -0.810. The molecule has 0 aromatic heterocycles. The van der Waals surface area contributed by atoms with Gasteiger partial charge in [0, 0.05) is 12.1 Å². The molecule has 1 saturated heterocycles. The lowest BCUT2D eigenvalue weighted by atomic mass is 9.99. The van der Waals surface area contributed by atoms with E-state index in [1.54, 1.807) is 0 Å². The molecule has 14 heavy (non-hydrogen) atoms. The number of hydrogen-bond acceptors (Lipinski definition) is 4. The third kappa shape index (κ3) is 3.16. The molecule has 0 amide bonds. The highest BCUT2D eigenvalue weighted by Gasteiger charge is 2.22. The van der Waals surface area contributed by atoms with Crippen molar-refractivity contribution in [2.24, 2.45) is 10.9 Å². The Kier molecular flexibility index (Phi) is 4.16. The monoisotopic (exact) mass is 200 g/mol. The molecule has 1 aliphatic rings. The Morgan fingerprint density at radius 2 is 2.43 bits per heavy atom. The molecule has 4 N–H and O–H groups in total. The zero-order chi connectivity index (χ0) is 10.6. The summed E-state index contributed by atoms with van der Waals surface area (Å²) >= 11 is 0. The number of likely N-dealkylation sites (tertiary alicyclic amines) is 1. The van der Waals surface area contributed by atoms with Crippen LogP contribution < -0.4 is 11.1 Å². The molecule has 0 aliphatic carbocycles. The summed E-state index contributed by atoms with van der Waals surface area (Å²) in [5, 5.41) is 14.6. The topological polar surface area (TPSA) is 73.9 Å². The number of piperidine rings is 1. The first-order chi connectivity index (χ1) is 6.63. The lowest BCUT2D eigenvalue weighted by Crippen LogP contribution is -2.47. The molecule has 2 atom stereocenters. The summed E-state index contributed by atoms with van der Waals surface area (Å²) in [4.78, 5) is 2.35. The number of nitrogens with two attached hydrogens (primary N) is 1. The van der Waals surface area contributed by atoms with Crippen LogP contribution in [-0.4, -0.2) is 48.2 Å². The van der Waals surface area contributed by atoms with Crippen LogP contribution >= 0.6 is 0 Å². The maximum absolute atomic E-state index is 8.37. The zero-order valence-electron chi connectivity index (χ0n) is 8.90. The van der Waals surface area contributed by atoms with Crippen LogP contribution in [0.5, 0.6) is 0 Å². The summed E-state index contributed by atoms with van der Waals surface area (Å²) < 4.78 is 0. The van der Waals surface area contributed by atoms with Crippen molar-refractivity contribution < 1.29 is 5.21 Å². The molecule has 0 saturated carbocycles. The highest BCUT2D eigenvalue weighted by Crippen LogP contribution is 2.14. The van der Waals surface area contributed by atoms with Crippen molar-refractivity contribution in [3.8, 4) is 0 Å². The van der Waals surface area contributed by atoms with E-state index in [1.807, 2.05) is 0 Å². The Balaban J connectivity index is 2.26. The van der Waals surface area contributed by atoms with Crippen LogP contribution in [-0.2, 0) is 0 Å². The molecular weight excluding hydrogens is 180 g/mol. The summed E-state index contributed by atoms with van der Waals surface area (Å²) in [6.45, 7) is 3.80. The highest BCUT2D eigenvalue weighted by atomic mass is 16.4. The van der Waals surface area contributed by atoms with Crippen LogP contribution in [0.2, 0.25) is 0 Å². The minimum Gasteiger partial charge on any atom is -0.409 e. The van der Waals surface area contributed by atoms with Gasteiger partial charge in [-0.2, -0.15) is 0 Å². The minimum atomic E-state index is 0.247. The maximum atomic E-state index is 8.37. The number of rotatable bonds is 3. The van der Waals surface area contributed by atoms with E-state index in [2.05, 4.69) is 29.3 Å². The predicted molar refractivity (Wildman–Crippen MR) is 56.5 cm³/mol. The zero-order valence-corrected chi connectivity index (χ0v) is 8.90. The Bertz CT molecular complexity index is 207. The van der Waals surface area contributed by atoms with E-state index in [4.69, 9.17) is 10.9 Å². The van der Waals surface area contributed by atoms with Gasteiger partial charge in [-0.25, -0.2) is 0 Å². The second-order valence-electron chi connectivity index (χ2n) is 4.02. The Labute approximate surface area is 84.9 Å². The van der Waals surface area contributed by atoms with Crippen LogP contribution in [0.4, 0.5) is 0 Å². The van der Waals surface area contributed by atoms with Gasteiger partial charge in [0.05, 0.1) is 6.54 Å². The second-order valence-corrected chi connectivity index (χ2v) is 4.02. The van der Waals surface area contributed by atoms with E-state index in [9.17, 15) is 0 Å². The minimum absolute atomic E-state index is 0.247. The van der Waals surface area contributed by atoms with Gasteiger partial charge in [0.1, 0.15) is 0 Å². The van der Waals surface area contributed by atoms with Crippen molar-refractivity contribution >= 4 is 5.84 Å². The largest absolute Gasteiger partial charge is 0.409 e. The van der Waals surface area contributed by atoms with E-state index in [0.29, 0.717) is 18.6 Å². The molecule has 1 fully saturated rings. The van der Waals surface area contributed by atoms with Gasteiger partial charge in [-0.05, 0) is 33.4 Å². The standard InChI is InChI=1S/C9H20N4O/c1-7-5-8(3-4-13(7)2)11-6-9(10)12-14/h7-8,11,14H,3-6H2,1-2H3,(H2,10,12). The summed E-state index contributed by atoms with van der Waals surface area (Å²) in [5.74, 6) is 0.247. The van der Waals surface area contributed by atoms with Crippen molar-refractivity contribution in [2.75, 3.05) is 20.1 Å². The van der Waals surface area contributed by atoms with E-state index in [0.717, 1.165) is 19.4 Å². The smallest absolute Gasteiger partial charge is 0.153 e. The molecule has 5 heteroatoms. The van der Waals surface area contributed by atoms with Gasteiger partial charge in [-0.1, -0.05) is 5.16 Å². The third-order valence-electron chi connectivity index (χ3n) is 2.91. The van der Waals surface area contributed by atoms with Gasteiger partial charge < -0.3 is 21.2 Å². The van der Waals surface area contributed by atoms with Gasteiger partial charge in [-0.3, -0.25) is 0 Å². The van der Waals surface area contributed by atoms with Crippen molar-refractivity contribution in [2.45, 2.75) is 31.8 Å². The molecule has 1 rings (SSSR count). The average Bonchev–Trinajstić information content (AvgIpc) is 2.19. The first kappa shape index (κ1) is 11.3. The molecule has 0 aromatic carbocycles. The fourth-order valence-corrected chi connectivity index (χ4v) is 1.76. The number of hydrogen-bond donors (Lipinski definition) is 3. The van der Waals surface area contributed by atoms with Crippen LogP contribution in [0.15, 0.2) is 5.16 Å². The fraction of sp³-hybridized carbons (Fsp3) is 0.889. The van der Waals surface area contributed by atoms with Gasteiger partial charge >= 0.3 is 0 Å². The lowest BCUT2D eigenvalue weighted by molar-refractivity contribution is 0.171. The van der Waals surface area contributed by atoms with Crippen LogP contribution in [0.25, 0.3) is 0 Å². The molecular formula is C9H20N4O. The highest BCUT2D eigenvalue weighted by molar-refractivity contribution is 5.81. The first-order valence-corrected chi connectivity index (χ1v) is 5.03. The number of nitrogens with zero attached hydrogens (tertiary/aromatic N) is 2. The molecule has 1 heterocycles. The number of nitrogens with one attached hydrogen (secondary N) is 1. The SMILES string of the molecule is CC1CC(NC/C(N)=N/O)CCN1C. The molecule has 5 nitrogen and oxygen atoms in total. The number of oxime groups is 1. The average molecular weight is 200 g/mol. The summed E-state index contributed by atoms with van der Waals surface area (Å²) in [5.41, 5.74) is 5.38. The Morgan fingerprint density at radius 3 is 3.00 bits per heavy atom. The van der Waals surface area contributed by atoms with Crippen molar-refractivity contribution in [1.29, 1.82) is 0 Å². The van der Waals surface area contributed by atoms with Gasteiger partial charge in [0.25, 0.3) is 0 Å². The summed E-state index contributed by atoms with van der Waals surface area (Å²) in [6.07, 6.45) is 2.24. The predicted octanol–water partition coefficient (Wildman–Crippen LogP) is -0.195. The van der Waals surface area contributed by atoms with Crippen molar-refractivity contribution in [3.63, 3.8) is 0 Å². The normalized spacial score (nSPS) is 30.6. The van der Waals surface area contributed by atoms with Crippen molar-refractivity contribution in [3.05, 3.63) is 0 Å². The van der Waals surface area contributed by atoms with Crippen LogP contribution in [0.1, 0.15) is 19.8 Å². The Morgan fingerprint density at radius 1 is 1.71 bits per heavy atom. The molecule has 0 aromatic rings. The van der Waals surface area contributed by atoms with Gasteiger partial charge in [0.15, 0.2) is 5.84 Å². The molecule has 0 bridgehead atoms.